The van der Waals surface area contributed by atoms with Crippen LogP contribution in [0.1, 0.15) is 92.2 Å². The smallest absolute Gasteiger partial charge is 0.290 e. The molecule has 0 aliphatic carbocycles. The van der Waals surface area contributed by atoms with Crippen LogP contribution in [0, 0.1) is 16.2 Å². The topological polar surface area (TPSA) is 152 Å². The van der Waals surface area contributed by atoms with Crippen molar-refractivity contribution in [1.29, 1.82) is 0 Å². The summed E-state index contributed by atoms with van der Waals surface area (Å²) in [6.45, 7) is 18.0. The van der Waals surface area contributed by atoms with Crippen LogP contribution < -0.4 is 16.0 Å². The van der Waals surface area contributed by atoms with Gasteiger partial charge in [-0.15, -0.1) is 35.3 Å². The number of hydrogen-bond acceptors (Lipinski definition) is 10. The van der Waals surface area contributed by atoms with E-state index in [9.17, 15) is 9.90 Å². The van der Waals surface area contributed by atoms with Gasteiger partial charge in [0.25, 0.3) is 6.47 Å². The number of nitrogens with zero attached hydrogens (tertiary/aromatic N) is 2. The van der Waals surface area contributed by atoms with Gasteiger partial charge in [0, 0.05) is 53.3 Å². The molecule has 1 aromatic rings. The molecular formula is C36H61N5O5S4. The summed E-state index contributed by atoms with van der Waals surface area (Å²) in [7, 11) is 1.56. The summed E-state index contributed by atoms with van der Waals surface area (Å²) in [6.07, 6.45) is 5.28. The highest BCUT2D eigenvalue weighted by atomic mass is 32.2. The largest absolute Gasteiger partial charge is 0.507 e. The molecule has 3 heterocycles. The molecule has 0 aromatic heterocycles. The second-order valence-corrected chi connectivity index (χ2v) is 18.1. The maximum atomic E-state index is 12.8. The van der Waals surface area contributed by atoms with Crippen molar-refractivity contribution in [1.82, 2.24) is 16.0 Å². The summed E-state index contributed by atoms with van der Waals surface area (Å²) < 4.78 is 0. The number of phenolic OH excluding ortho intramolecular Hbond substituents is 1. The molecule has 5 N–H and O–H groups in total. The van der Waals surface area contributed by atoms with Crippen molar-refractivity contribution in [3.63, 3.8) is 0 Å². The Morgan fingerprint density at radius 3 is 2.30 bits per heavy atom. The van der Waals surface area contributed by atoms with Crippen molar-refractivity contribution >= 4 is 77.7 Å². The quantitative estimate of drug-likeness (QED) is 0.108. The summed E-state index contributed by atoms with van der Waals surface area (Å²) in [5, 5.41) is 29.6. The Balaban J connectivity index is 0.00000143. The van der Waals surface area contributed by atoms with Crippen molar-refractivity contribution in [2.24, 2.45) is 26.2 Å². The lowest BCUT2D eigenvalue weighted by Crippen LogP contribution is -2.40. The van der Waals surface area contributed by atoms with E-state index in [0.717, 1.165) is 65.5 Å². The van der Waals surface area contributed by atoms with Crippen LogP contribution in [0.5, 0.6) is 5.75 Å². The van der Waals surface area contributed by atoms with Crippen LogP contribution in [0.15, 0.2) is 28.2 Å². The van der Waals surface area contributed by atoms with E-state index in [1.807, 2.05) is 49.5 Å². The molecule has 284 valence electrons. The van der Waals surface area contributed by atoms with Crippen LogP contribution in [-0.2, 0) is 20.8 Å². The van der Waals surface area contributed by atoms with Gasteiger partial charge in [0.1, 0.15) is 10.8 Å². The second kappa shape index (κ2) is 21.6. The Labute approximate surface area is 319 Å². The van der Waals surface area contributed by atoms with E-state index in [0.29, 0.717) is 36.2 Å². The summed E-state index contributed by atoms with van der Waals surface area (Å²) >= 11 is 5.65. The minimum atomic E-state index is -0.385. The zero-order valence-electron chi connectivity index (χ0n) is 31.3. The molecule has 0 spiro atoms. The first-order valence-electron chi connectivity index (χ1n) is 17.1. The second-order valence-electron chi connectivity index (χ2n) is 14.9. The molecule has 1 saturated heterocycles. The zero-order valence-corrected chi connectivity index (χ0v) is 34.7. The van der Waals surface area contributed by atoms with Gasteiger partial charge in [-0.25, -0.2) is 0 Å². The lowest BCUT2D eigenvalue weighted by Gasteiger charge is -2.33. The molecule has 14 heteroatoms. The number of benzene rings is 1. The number of aromatic hydroxyl groups is 1. The van der Waals surface area contributed by atoms with Gasteiger partial charge in [-0.05, 0) is 55.7 Å². The maximum Gasteiger partial charge on any atom is 0.290 e. The molecule has 2 amide bonds. The van der Waals surface area contributed by atoms with Crippen LogP contribution >= 0.6 is 48.8 Å². The van der Waals surface area contributed by atoms with Gasteiger partial charge in [-0.2, -0.15) is 13.5 Å². The number of carboxylic acid groups (broad SMARTS) is 1. The van der Waals surface area contributed by atoms with Gasteiger partial charge in [0.05, 0.1) is 22.5 Å². The number of aliphatic imine (C=N–C) groups is 2. The number of rotatable bonds is 14. The standard InChI is InChI=1S/C33H52N4O2S3.C2H5NO.CH2O2.H2S/c1-9-31(3,4)20-33(7,8)29(39)34-14-10-11-22-12-13-24(26(38)15-22)27-37-25(19-41-27)28-36-23(18-40-28)16-32(5,6)30-35-21(2)17-42-30;1-3-2-4;2-1-3;/h12-13,15,21,23,25,28,36,38H,9-11,14,16-20H2,1-8H3,(H,34,39);2H,1H3,(H,3,4);1H,(H,2,3);1H2. The number of nitrogens with one attached hydrogen (secondary N) is 3. The molecule has 0 saturated carbocycles. The van der Waals surface area contributed by atoms with Gasteiger partial charge < -0.3 is 20.8 Å². The molecule has 0 bridgehead atoms. The average molecular weight is 772 g/mol. The highest BCUT2D eigenvalue weighted by Crippen LogP contribution is 2.40. The SMILES string of the molecule is CCC(C)(C)CC(C)(C)C(=O)NCCCc1ccc(C2=NC(C3NC(CC(C)(C)C4=NC(C)CS4)CS3)CS2)c(O)c1.CNC=O.O=CO.S. The van der Waals surface area contributed by atoms with Gasteiger partial charge in [-0.1, -0.05) is 61.0 Å². The summed E-state index contributed by atoms with van der Waals surface area (Å²) in [5.74, 6) is 3.55. The molecule has 0 radical (unpaired) electrons. The minimum absolute atomic E-state index is 0. The number of phenols is 1. The molecule has 50 heavy (non-hydrogen) atoms. The van der Waals surface area contributed by atoms with E-state index >= 15 is 0 Å². The number of aryl methyl sites for hydroxylation is 1. The third-order valence-corrected chi connectivity index (χ3v) is 13.0. The fourth-order valence-corrected chi connectivity index (χ4v) is 9.96. The molecule has 4 rings (SSSR count). The highest BCUT2D eigenvalue weighted by Gasteiger charge is 2.39. The predicted octanol–water partition coefficient (Wildman–Crippen LogP) is 6.31. The molecule has 1 aromatic carbocycles. The Kier molecular flexibility index (Phi) is 19.9. The van der Waals surface area contributed by atoms with Gasteiger partial charge in [-0.3, -0.25) is 29.7 Å². The van der Waals surface area contributed by atoms with E-state index in [1.54, 1.807) is 18.8 Å². The first-order chi connectivity index (χ1) is 23.0. The van der Waals surface area contributed by atoms with E-state index in [1.165, 1.54) is 5.04 Å². The van der Waals surface area contributed by atoms with Gasteiger partial charge in [0.15, 0.2) is 0 Å². The number of amides is 2. The van der Waals surface area contributed by atoms with Crippen molar-refractivity contribution in [2.75, 3.05) is 30.9 Å². The van der Waals surface area contributed by atoms with Crippen molar-refractivity contribution in [2.45, 2.75) is 111 Å². The summed E-state index contributed by atoms with van der Waals surface area (Å²) in [5.41, 5.74) is 1.77. The summed E-state index contributed by atoms with van der Waals surface area (Å²) in [4.78, 5) is 40.2. The molecule has 3 aliphatic heterocycles. The normalized spacial score (nSPS) is 21.7. The number of carbonyl (C=O) groups is 3. The lowest BCUT2D eigenvalue weighted by molar-refractivity contribution is -0.131. The number of thioether (sulfide) groups is 3. The van der Waals surface area contributed by atoms with Crippen LogP contribution in [0.3, 0.4) is 0 Å². The van der Waals surface area contributed by atoms with Crippen molar-refractivity contribution < 1.29 is 24.6 Å². The Bertz CT molecular complexity index is 1310. The zero-order chi connectivity index (χ0) is 36.8. The Morgan fingerprint density at radius 1 is 1.08 bits per heavy atom. The Hall–Kier alpha value is -1.87. The van der Waals surface area contributed by atoms with Crippen molar-refractivity contribution in [3.05, 3.63) is 29.3 Å². The average Bonchev–Trinajstić information content (AvgIpc) is 3.81. The lowest BCUT2D eigenvalue weighted by atomic mass is 9.73. The van der Waals surface area contributed by atoms with Gasteiger partial charge >= 0.3 is 0 Å². The first kappa shape index (κ1) is 46.2. The third-order valence-electron chi connectivity index (χ3n) is 8.87. The van der Waals surface area contributed by atoms with Crippen LogP contribution in [-0.4, -0.2) is 93.4 Å². The van der Waals surface area contributed by atoms with E-state index in [2.05, 4.69) is 63.6 Å². The van der Waals surface area contributed by atoms with Crippen LogP contribution in [0.4, 0.5) is 0 Å². The van der Waals surface area contributed by atoms with Gasteiger partial charge in [0.2, 0.25) is 12.3 Å². The van der Waals surface area contributed by atoms with Crippen LogP contribution in [0.25, 0.3) is 0 Å². The first-order valence-corrected chi connectivity index (χ1v) is 20.1. The maximum absolute atomic E-state index is 12.8. The number of hydrogen-bond donors (Lipinski definition) is 5. The highest BCUT2D eigenvalue weighted by molar-refractivity contribution is 8.15. The molecule has 4 unspecified atom stereocenters. The minimum Gasteiger partial charge on any atom is -0.507 e. The van der Waals surface area contributed by atoms with Crippen LogP contribution in [0.2, 0.25) is 0 Å². The summed E-state index contributed by atoms with van der Waals surface area (Å²) in [6, 6.07) is 7.07. The van der Waals surface area contributed by atoms with E-state index < -0.39 is 0 Å². The molecule has 10 nitrogen and oxygen atoms in total. The number of carbonyl (C=O) groups excluding carboxylic acids is 2. The molecule has 3 aliphatic rings. The molecule has 4 atom stereocenters. The fourth-order valence-electron chi connectivity index (χ4n) is 6.18. The van der Waals surface area contributed by atoms with E-state index in [-0.39, 0.29) is 48.2 Å². The fraction of sp³-hybridized carbons (Fsp3) is 0.694. The van der Waals surface area contributed by atoms with Crippen molar-refractivity contribution in [3.8, 4) is 5.75 Å². The third kappa shape index (κ3) is 14.6. The predicted molar refractivity (Wildman–Crippen MR) is 220 cm³/mol. The van der Waals surface area contributed by atoms with E-state index in [4.69, 9.17) is 24.7 Å². The monoisotopic (exact) mass is 771 g/mol. The Morgan fingerprint density at radius 2 is 1.74 bits per heavy atom. The molecule has 1 fully saturated rings. The molecular weight excluding hydrogens is 711 g/mol.